The molecule has 4 aromatic rings. The maximum absolute atomic E-state index is 12.7. The second kappa shape index (κ2) is 14.5. The molecule has 0 spiro atoms. The molecule has 0 fully saturated rings. The molecule has 8 rings (SSSR count). The lowest BCUT2D eigenvalue weighted by molar-refractivity contribution is -0.121. The predicted molar refractivity (Wildman–Crippen MR) is 189 cm³/mol. The number of ether oxygens (including phenoxy) is 2. The van der Waals surface area contributed by atoms with Crippen molar-refractivity contribution >= 4 is 35.0 Å². The Hall–Kier alpha value is -5.66. The summed E-state index contributed by atoms with van der Waals surface area (Å²) in [5.41, 5.74) is 4.78. The van der Waals surface area contributed by atoms with Crippen molar-refractivity contribution < 1.29 is 37.7 Å². The highest BCUT2D eigenvalue weighted by Crippen LogP contribution is 2.32. The van der Waals surface area contributed by atoms with Crippen molar-refractivity contribution in [1.82, 2.24) is 20.9 Å². The van der Waals surface area contributed by atoms with Gasteiger partial charge in [0.05, 0.1) is 22.8 Å². The summed E-state index contributed by atoms with van der Waals surface area (Å²) in [4.78, 5) is 53.9. The van der Waals surface area contributed by atoms with E-state index in [2.05, 4.69) is 34.8 Å². The van der Waals surface area contributed by atoms with E-state index in [4.69, 9.17) is 18.5 Å². The smallest absolute Gasteiger partial charge is 0.290 e. The molecule has 0 saturated heterocycles. The molecule has 2 aromatic carbocycles. The first-order chi connectivity index (χ1) is 25.1. The Labute approximate surface area is 300 Å². The van der Waals surface area contributed by atoms with E-state index in [1.807, 2.05) is 36.4 Å². The van der Waals surface area contributed by atoms with Crippen LogP contribution in [0.15, 0.2) is 57.6 Å². The van der Waals surface area contributed by atoms with Crippen LogP contribution in [0.3, 0.4) is 0 Å². The molecular formula is C38H42N6O8. The van der Waals surface area contributed by atoms with Crippen LogP contribution in [0.1, 0.15) is 70.3 Å². The third-order valence-corrected chi connectivity index (χ3v) is 10.1. The average Bonchev–Trinajstić information content (AvgIpc) is 3.72. The second-order valence-corrected chi connectivity index (χ2v) is 14.0. The van der Waals surface area contributed by atoms with Crippen molar-refractivity contribution in [2.75, 3.05) is 37.1 Å². The number of benzene rings is 2. The van der Waals surface area contributed by atoms with Crippen LogP contribution in [-0.4, -0.2) is 73.3 Å². The summed E-state index contributed by atoms with van der Waals surface area (Å²) in [6, 6.07) is 13.0. The molecule has 4 aliphatic rings. The molecule has 2 aliphatic carbocycles. The third kappa shape index (κ3) is 6.84. The maximum Gasteiger partial charge on any atom is 0.290 e. The zero-order valence-electron chi connectivity index (χ0n) is 29.6. The Balaban J connectivity index is 0.000000162. The van der Waals surface area contributed by atoms with E-state index in [1.165, 1.54) is 9.80 Å². The highest BCUT2D eigenvalue weighted by molar-refractivity contribution is 6.04. The molecule has 4 amide bonds. The summed E-state index contributed by atoms with van der Waals surface area (Å²) in [6.07, 6.45) is 5.24. The van der Waals surface area contributed by atoms with Crippen LogP contribution < -0.4 is 29.9 Å². The number of likely N-dealkylation sites (N-methyl/N-ethyl adjacent to an activating group) is 2. The fourth-order valence-electron chi connectivity index (χ4n) is 7.08. The molecule has 14 heteroatoms. The number of amides is 4. The standard InChI is InChI=1S/2C19H21N3O4/c2*1-11-7-8-13-12(9-11)17(26-21-13)18(23)20-14-10-25-16-6-4-3-5-15(16)22(2)19(14)24/h2*3-6,11,14H,7-10H2,1-2H3,(H,20,23)/t11-,14+;11-,14-/m10/s1. The minimum absolute atomic E-state index is 0.0681. The number of para-hydroxylation sites is 4. The van der Waals surface area contributed by atoms with Gasteiger partial charge in [0.1, 0.15) is 36.8 Å². The lowest BCUT2D eigenvalue weighted by Gasteiger charge is -2.20. The van der Waals surface area contributed by atoms with Gasteiger partial charge in [0, 0.05) is 25.2 Å². The van der Waals surface area contributed by atoms with Gasteiger partial charge in [0.25, 0.3) is 23.6 Å². The molecular weight excluding hydrogens is 668 g/mol. The Kier molecular flexibility index (Phi) is 9.71. The van der Waals surface area contributed by atoms with E-state index >= 15 is 0 Å². The number of fused-ring (bicyclic) bond motifs is 4. The fraction of sp³-hybridized carbons (Fsp3) is 0.421. The van der Waals surface area contributed by atoms with E-state index < -0.39 is 23.9 Å². The molecule has 272 valence electrons. The van der Waals surface area contributed by atoms with Gasteiger partial charge in [0.2, 0.25) is 11.5 Å². The molecule has 52 heavy (non-hydrogen) atoms. The van der Waals surface area contributed by atoms with Crippen LogP contribution >= 0.6 is 0 Å². The summed E-state index contributed by atoms with van der Waals surface area (Å²) in [5, 5.41) is 13.6. The molecule has 0 radical (unpaired) electrons. The minimum atomic E-state index is -0.790. The summed E-state index contributed by atoms with van der Waals surface area (Å²) in [5.74, 6) is 1.32. The first-order valence-electron chi connectivity index (χ1n) is 17.6. The third-order valence-electron chi connectivity index (χ3n) is 10.1. The van der Waals surface area contributed by atoms with E-state index in [9.17, 15) is 19.2 Å². The number of carbonyl (C=O) groups is 4. The maximum atomic E-state index is 12.7. The van der Waals surface area contributed by atoms with Gasteiger partial charge < -0.3 is 39.0 Å². The first kappa shape index (κ1) is 34.8. The van der Waals surface area contributed by atoms with Crippen LogP contribution in [0.2, 0.25) is 0 Å². The van der Waals surface area contributed by atoms with Crippen molar-refractivity contribution in [3.05, 3.63) is 82.6 Å². The van der Waals surface area contributed by atoms with Gasteiger partial charge in [-0.15, -0.1) is 0 Å². The zero-order valence-corrected chi connectivity index (χ0v) is 29.6. The SMILES string of the molecule is C[C@@H]1CCc2noc(C(=O)N[C@H]3COc4ccccc4N(C)C3=O)c2C1.C[C@H]1CCc2noc(C(=O)N[C@H]3COc4ccccc4N(C)C3=O)c2C1. The number of anilines is 2. The van der Waals surface area contributed by atoms with Gasteiger partial charge in [-0.2, -0.15) is 0 Å². The molecule has 0 bridgehead atoms. The summed E-state index contributed by atoms with van der Waals surface area (Å²) in [7, 11) is 3.35. The molecule has 0 unspecified atom stereocenters. The van der Waals surface area contributed by atoms with Crippen molar-refractivity contribution in [2.45, 2.75) is 64.5 Å². The first-order valence-corrected chi connectivity index (χ1v) is 17.6. The molecule has 4 atom stereocenters. The van der Waals surface area contributed by atoms with Crippen LogP contribution in [0.5, 0.6) is 11.5 Å². The Morgan fingerprint density at radius 2 is 1.08 bits per heavy atom. The van der Waals surface area contributed by atoms with Gasteiger partial charge in [-0.05, 0) is 74.6 Å². The van der Waals surface area contributed by atoms with Gasteiger partial charge in [-0.25, -0.2) is 0 Å². The topological polar surface area (TPSA) is 169 Å². The molecule has 0 saturated carbocycles. The number of aromatic nitrogens is 2. The van der Waals surface area contributed by atoms with Crippen molar-refractivity contribution in [3.63, 3.8) is 0 Å². The average molecular weight is 711 g/mol. The number of rotatable bonds is 4. The Morgan fingerprint density at radius 1 is 0.673 bits per heavy atom. The van der Waals surface area contributed by atoms with E-state index in [0.717, 1.165) is 61.0 Å². The Bertz CT molecular complexity index is 1860. The van der Waals surface area contributed by atoms with Crippen molar-refractivity contribution in [2.24, 2.45) is 11.8 Å². The molecule has 2 aliphatic heterocycles. The van der Waals surface area contributed by atoms with Crippen LogP contribution in [0.25, 0.3) is 0 Å². The quantitative estimate of drug-likeness (QED) is 0.317. The molecule has 14 nitrogen and oxygen atoms in total. The van der Waals surface area contributed by atoms with Crippen molar-refractivity contribution in [1.29, 1.82) is 0 Å². The van der Waals surface area contributed by atoms with Crippen LogP contribution in [0, 0.1) is 11.8 Å². The highest BCUT2D eigenvalue weighted by atomic mass is 16.5. The number of carbonyl (C=O) groups excluding carboxylic acids is 4. The molecule has 2 aromatic heterocycles. The van der Waals surface area contributed by atoms with Gasteiger partial charge >= 0.3 is 0 Å². The molecule has 2 N–H and O–H groups in total. The number of hydrogen-bond acceptors (Lipinski definition) is 10. The van der Waals surface area contributed by atoms with Gasteiger partial charge in [-0.3, -0.25) is 19.2 Å². The summed E-state index contributed by atoms with van der Waals surface area (Å²) >= 11 is 0. The fourth-order valence-corrected chi connectivity index (χ4v) is 7.08. The molecule has 4 heterocycles. The summed E-state index contributed by atoms with van der Waals surface area (Å²) < 4.78 is 22.0. The number of nitrogens with zero attached hydrogens (tertiary/aromatic N) is 4. The number of hydrogen-bond donors (Lipinski definition) is 2. The zero-order chi connectivity index (χ0) is 36.5. The van der Waals surface area contributed by atoms with Crippen LogP contribution in [-0.2, 0) is 35.3 Å². The highest BCUT2D eigenvalue weighted by Gasteiger charge is 2.35. The summed E-state index contributed by atoms with van der Waals surface area (Å²) in [6.45, 7) is 4.43. The predicted octanol–water partition coefficient (Wildman–Crippen LogP) is 3.91. The van der Waals surface area contributed by atoms with E-state index in [0.29, 0.717) is 34.7 Å². The van der Waals surface area contributed by atoms with E-state index in [1.54, 1.807) is 26.2 Å². The lowest BCUT2D eigenvalue weighted by Crippen LogP contribution is -2.49. The minimum Gasteiger partial charge on any atom is -0.489 e. The normalized spacial score (nSPS) is 22.1. The number of nitrogens with one attached hydrogen (secondary N) is 2. The monoisotopic (exact) mass is 710 g/mol. The van der Waals surface area contributed by atoms with Crippen LogP contribution in [0.4, 0.5) is 11.4 Å². The van der Waals surface area contributed by atoms with E-state index in [-0.39, 0.29) is 36.5 Å². The Morgan fingerprint density at radius 3 is 1.50 bits per heavy atom. The van der Waals surface area contributed by atoms with Gasteiger partial charge in [-0.1, -0.05) is 48.4 Å². The second-order valence-electron chi connectivity index (χ2n) is 14.0. The lowest BCUT2D eigenvalue weighted by atomic mass is 9.88. The van der Waals surface area contributed by atoms with Gasteiger partial charge in [0.15, 0.2) is 0 Å². The largest absolute Gasteiger partial charge is 0.489 e. The number of aryl methyl sites for hydroxylation is 2. The van der Waals surface area contributed by atoms with Crippen molar-refractivity contribution in [3.8, 4) is 11.5 Å².